The fourth-order valence-corrected chi connectivity index (χ4v) is 6.80. The number of hydrogen-bond acceptors (Lipinski definition) is 34. The van der Waals surface area contributed by atoms with Crippen LogP contribution in [0.15, 0.2) is 36.4 Å². The Kier molecular flexibility index (Phi) is 62.9. The second kappa shape index (κ2) is 61.2. The van der Waals surface area contributed by atoms with Crippen molar-refractivity contribution >= 4 is 6.22 Å². The third-order valence-electron chi connectivity index (χ3n) is 11.7. The first-order valence-corrected chi connectivity index (χ1v) is 33.5. The fraction of sp³-hybridized carbons (Fsp3) is 0.790. The molecule has 0 unspecified atom stereocenters. The Morgan fingerprint density at radius 1 is 0.362 bits per heavy atom. The van der Waals surface area contributed by atoms with Crippen molar-refractivity contribution in [2.45, 2.75) is 171 Å². The Balaban J connectivity index is -0.000000392. The van der Waals surface area contributed by atoms with Crippen LogP contribution in [-0.4, -0.2) is 324 Å². The van der Waals surface area contributed by atoms with Gasteiger partial charge in [-0.05, 0) is 35.4 Å². The molecule has 0 saturated carbocycles. The SMILES string of the molecule is C.C.C.COC(=O)F.COOCC(F)(F)OC(F)(F)C(F)(F)OC(F)(F)OCF.FC(F)(CCOC(F)(F)COCc1ccc2c(c1)OCO2)COCc1ccc2c(c1)OCO2.OC(F)(F)OC(F)(F)C(F)(F)OCCF.OC(O)COCC(F)(F)OC(F)(F)OC(F)(F)C(F)(F)OC(F)(F)COCC(O)O.OCCOCC(F)(F)OC(F)(F)OC(F)(F)C(F)(F)OC(F)(F)COCCO.OCF. The average Bonchev–Trinajstić information content (AvgIpc) is 0.884. The number of ether oxygens (including phenoxy) is 23. The molecule has 0 saturated heterocycles. The predicted octanol–water partition coefficient (Wildman–Crippen LogP) is 14.2. The molecule has 4 rings (SSSR count). The number of aliphatic hydroxyl groups is 8. The highest BCUT2D eigenvalue weighted by molar-refractivity contribution is 5.57. The molecule has 0 radical (unpaired) electrons. The Hall–Kier alpha value is -6.95. The Morgan fingerprint density at radius 3 is 0.986 bits per heavy atom. The van der Waals surface area contributed by atoms with Crippen molar-refractivity contribution in [1.29, 1.82) is 0 Å². The van der Waals surface area contributed by atoms with Crippen LogP contribution < -0.4 is 18.9 Å². The summed E-state index contributed by atoms with van der Waals surface area (Å²) in [4.78, 5) is 16.0. The van der Waals surface area contributed by atoms with Crippen LogP contribution in [0.1, 0.15) is 39.8 Å². The van der Waals surface area contributed by atoms with Gasteiger partial charge in [-0.2, -0.15) is 123 Å². The van der Waals surface area contributed by atoms with Crippen molar-refractivity contribution in [3.05, 3.63) is 47.5 Å². The molecular weight excluding hydrogens is 2090 g/mol. The predicted molar refractivity (Wildman–Crippen MR) is 349 cm³/mol. The van der Waals surface area contributed by atoms with Crippen LogP contribution in [0, 0.1) is 0 Å². The summed E-state index contributed by atoms with van der Waals surface area (Å²) < 4.78 is 612. The smallest absolute Gasteiger partial charge is 0.454 e. The fourth-order valence-electron chi connectivity index (χ4n) is 6.80. The lowest BCUT2D eigenvalue weighted by Gasteiger charge is -2.31. The van der Waals surface area contributed by atoms with Crippen molar-refractivity contribution in [2.75, 3.05) is 147 Å². The number of carbonyl (C=O) groups is 1. The summed E-state index contributed by atoms with van der Waals surface area (Å²) >= 11 is 0. The van der Waals surface area contributed by atoms with E-state index in [1.807, 2.05) is 0 Å². The van der Waals surface area contributed by atoms with E-state index in [-0.39, 0.29) is 49.1 Å². The normalized spacial score (nSPS) is 13.8. The molecule has 0 aromatic heterocycles. The van der Waals surface area contributed by atoms with Gasteiger partial charge in [0.05, 0.1) is 80.3 Å². The molecular formula is C62H80F42O34. The maximum absolute atomic E-state index is 14.0. The Labute approximate surface area is 743 Å². The second-order valence-corrected chi connectivity index (χ2v) is 22.9. The number of aliphatic hydroxyl groups excluding tert-OH is 5. The molecule has 0 bridgehead atoms. The standard InChI is InChI=1S/C22H22F4O7.C11H14F10O9.C11H14F10O7.C7H7F9O5.C5H5F7O3.C2H3FO2.CH3FO.3CH4/c23-21(24,11-27-9-15-1-3-17-19(7-15)31-13-29-17)5-6-33-22(25,26)12-28-10-16-2-4-18-20(8-16)32-14-30-18;12-7(13,3-26-1-5(22)23)28-9(16,17)10(18,19)30-11(20,21)29-8(14,15)4-27-2-6(24)25;12-7(13,5-24-3-1-22)26-9(16,17)10(18,19)28-11(20,21)27-8(14,15)6-25-4-2-23;1-17-19-2-4(9,10)20-5(11,12)6(13,14)21-7(15,16)18-3-8;6-1-2-14-3(7,8)4(9,10)15-5(11,12)13;1-5-2(3)4;2-1-3;;;/h1-4,7-8H,5-6,9-14H2;5-6,22-25H,1-4H2;22-23H,1-6H2;2-3H2,1H3;13H,1-2H2;1H3;3H,1H2;3*1H4. The molecule has 2 aliphatic rings. The highest BCUT2D eigenvalue weighted by Gasteiger charge is 2.72. The van der Waals surface area contributed by atoms with E-state index >= 15 is 0 Å². The lowest BCUT2D eigenvalue weighted by molar-refractivity contribution is -0.567. The number of alkyl halides is 41. The summed E-state index contributed by atoms with van der Waals surface area (Å²) in [6, 6.07) is 9.87. The van der Waals surface area contributed by atoms with E-state index < -0.39 is 261 Å². The van der Waals surface area contributed by atoms with E-state index in [1.165, 1.54) is 0 Å². The van der Waals surface area contributed by atoms with Gasteiger partial charge >= 0.3 is 117 Å². The monoisotopic (exact) mass is 2170 g/mol. The van der Waals surface area contributed by atoms with Gasteiger partial charge in [0, 0.05) is 6.42 Å². The van der Waals surface area contributed by atoms with Crippen molar-refractivity contribution < 1.29 is 349 Å². The summed E-state index contributed by atoms with van der Waals surface area (Å²) in [5, 5.41) is 63.9. The number of rotatable bonds is 58. The first-order valence-electron chi connectivity index (χ1n) is 33.5. The van der Waals surface area contributed by atoms with Crippen molar-refractivity contribution in [3.8, 4) is 23.0 Å². The molecule has 76 heteroatoms. The number of methoxy groups -OCH3 is 1. The molecule has 2 aromatic carbocycles. The van der Waals surface area contributed by atoms with Crippen LogP contribution in [0.4, 0.5) is 189 Å². The van der Waals surface area contributed by atoms with Gasteiger partial charge in [-0.25, -0.2) is 79.2 Å². The molecule has 0 atom stereocenters. The van der Waals surface area contributed by atoms with Crippen LogP contribution in [0.3, 0.4) is 0 Å². The van der Waals surface area contributed by atoms with Gasteiger partial charge in [0.25, 0.3) is 5.92 Å². The summed E-state index contributed by atoms with van der Waals surface area (Å²) in [7, 11) is 1.66. The van der Waals surface area contributed by atoms with Gasteiger partial charge in [0.2, 0.25) is 13.6 Å². The van der Waals surface area contributed by atoms with Gasteiger partial charge in [0.1, 0.15) is 46.3 Å². The van der Waals surface area contributed by atoms with E-state index in [4.69, 9.17) is 74.1 Å². The highest BCUT2D eigenvalue weighted by atomic mass is 19.4. The molecule has 2 aliphatic heterocycles. The molecule has 826 valence electrons. The number of carbonyl (C=O) groups excluding carboxylic acids is 1. The van der Waals surface area contributed by atoms with Gasteiger partial charge < -0.3 is 102 Å². The minimum Gasteiger partial charge on any atom is -0.454 e. The van der Waals surface area contributed by atoms with Crippen LogP contribution in [0.2, 0.25) is 0 Å². The molecule has 0 amide bonds. The van der Waals surface area contributed by atoms with E-state index in [1.54, 1.807) is 36.4 Å². The number of halogens is 42. The Bertz CT molecular complexity index is 3500. The minimum absolute atomic E-state index is 0. The molecule has 0 aliphatic carbocycles. The van der Waals surface area contributed by atoms with Crippen LogP contribution in [-0.2, 0) is 113 Å². The molecule has 8 N–H and O–H groups in total. The lowest BCUT2D eigenvalue weighted by atomic mass is 10.2. The van der Waals surface area contributed by atoms with Crippen molar-refractivity contribution in [1.82, 2.24) is 0 Å². The molecule has 2 heterocycles. The first kappa shape index (κ1) is 142. The quantitative estimate of drug-likeness (QED) is 0.00761. The van der Waals surface area contributed by atoms with E-state index in [0.717, 1.165) is 7.11 Å². The zero-order chi connectivity index (χ0) is 106. The third kappa shape index (κ3) is 61.8. The highest BCUT2D eigenvalue weighted by Crippen LogP contribution is 2.49. The van der Waals surface area contributed by atoms with E-state index in [9.17, 15) is 184 Å². The van der Waals surface area contributed by atoms with Gasteiger partial charge in [-0.3, -0.25) is 4.74 Å². The zero-order valence-electron chi connectivity index (χ0n) is 65.9. The number of benzene rings is 2. The molecule has 34 nitrogen and oxygen atoms in total. The van der Waals surface area contributed by atoms with Crippen LogP contribution in [0.25, 0.3) is 0 Å². The minimum atomic E-state index is -6.69. The molecule has 0 spiro atoms. The maximum atomic E-state index is 14.0. The molecule has 138 heavy (non-hydrogen) atoms. The zero-order valence-corrected chi connectivity index (χ0v) is 65.9. The van der Waals surface area contributed by atoms with Crippen molar-refractivity contribution in [2.24, 2.45) is 0 Å². The maximum Gasteiger partial charge on any atom is 0.495 e. The number of hydrogen-bond donors (Lipinski definition) is 8. The Morgan fingerprint density at radius 2 is 0.667 bits per heavy atom. The van der Waals surface area contributed by atoms with Crippen molar-refractivity contribution in [3.63, 3.8) is 0 Å². The van der Waals surface area contributed by atoms with Gasteiger partial charge in [-0.15, -0.1) is 39.5 Å². The van der Waals surface area contributed by atoms with E-state index in [0.29, 0.717) is 41.2 Å². The lowest BCUT2D eigenvalue weighted by Crippen LogP contribution is -2.54. The largest absolute Gasteiger partial charge is 0.495 e. The molecule has 2 aromatic rings. The van der Waals surface area contributed by atoms with Crippen LogP contribution >= 0.6 is 0 Å². The third-order valence-corrected chi connectivity index (χ3v) is 11.7. The van der Waals surface area contributed by atoms with Gasteiger partial charge in [0.15, 0.2) is 55.9 Å². The topological polar surface area (TPSA) is 410 Å². The number of fused-ring (bicyclic) bond motifs is 2. The molecule has 0 fully saturated rings. The second-order valence-electron chi connectivity index (χ2n) is 22.9. The summed E-state index contributed by atoms with van der Waals surface area (Å²) in [5.74, 6) is -1.18. The average molecular weight is 2170 g/mol. The summed E-state index contributed by atoms with van der Waals surface area (Å²) in [6.45, 7) is -26.1. The summed E-state index contributed by atoms with van der Waals surface area (Å²) in [6.07, 6.45) is -110. The van der Waals surface area contributed by atoms with Crippen LogP contribution in [0.5, 0.6) is 23.0 Å². The summed E-state index contributed by atoms with van der Waals surface area (Å²) in [5.41, 5.74) is 1.22. The van der Waals surface area contributed by atoms with E-state index in [2.05, 4.69) is 90.3 Å². The van der Waals surface area contributed by atoms with Gasteiger partial charge in [-0.1, -0.05) is 34.4 Å². The first-order chi connectivity index (χ1) is 61.0.